The van der Waals surface area contributed by atoms with Crippen LogP contribution in [0.2, 0.25) is 0 Å². The number of nitrogens with zero attached hydrogens (tertiary/aromatic N) is 7. The molecule has 0 N–H and O–H groups in total. The normalized spacial score (nSPS) is 33.6. The highest BCUT2D eigenvalue weighted by Crippen LogP contribution is 2.43. The first-order valence-corrected chi connectivity index (χ1v) is 14.6. The van der Waals surface area contributed by atoms with Crippen LogP contribution in [0.15, 0.2) is 30.7 Å². The first-order valence-electron chi connectivity index (χ1n) is 17.6. The van der Waals surface area contributed by atoms with Gasteiger partial charge in [0.15, 0.2) is 5.82 Å². The van der Waals surface area contributed by atoms with Crippen LogP contribution in [0, 0.1) is 0 Å². The van der Waals surface area contributed by atoms with Gasteiger partial charge in [-0.25, -0.2) is 4.98 Å². The van der Waals surface area contributed by atoms with Crippen molar-refractivity contribution >= 4 is 0 Å². The monoisotopic (exact) mass is 591 g/mol. The molecular weight excluding hydrogens is 547 g/mol. The lowest BCUT2D eigenvalue weighted by molar-refractivity contribution is -0.231. The Morgan fingerprint density at radius 3 is 2.48 bits per heavy atom. The molecule has 5 heterocycles. The number of hydrogen-bond donors (Lipinski definition) is 0. The maximum absolute atomic E-state index is 13.0. The predicted octanol–water partition coefficient (Wildman–Crippen LogP) is 5.40. The van der Waals surface area contributed by atoms with E-state index in [2.05, 4.69) is 26.5 Å². The van der Waals surface area contributed by atoms with Crippen LogP contribution in [-0.2, 0) is 24.6 Å². The molecule has 0 atom stereocenters. The van der Waals surface area contributed by atoms with E-state index < -0.39 is 36.9 Å². The summed E-state index contributed by atoms with van der Waals surface area (Å²) >= 11 is 0. The standard InChI is InChI=1S/C30H38F3N7O2/c1-38-26(17-41-27-14-23(10-12-34-27)30(31,32)33)36-37-28(38)21-4-2-20(3-5-21)22-15-35-40(16-22)25-8-6-24(7-9-25)39-18-29(19-39)11-13-42-29/h10,12,14-16,20-21,24-25H,2-9,11,13,17-19H2,1H3/t20-,21-,24-,25-/i13D2,18D2,19D2. The van der Waals surface area contributed by atoms with Gasteiger partial charge in [-0.05, 0) is 68.9 Å². The van der Waals surface area contributed by atoms with Crippen LogP contribution >= 0.6 is 0 Å². The summed E-state index contributed by atoms with van der Waals surface area (Å²) in [6.45, 7) is -6.22. The van der Waals surface area contributed by atoms with Gasteiger partial charge >= 0.3 is 6.18 Å². The zero-order valence-corrected chi connectivity index (χ0v) is 23.3. The molecule has 3 aromatic heterocycles. The molecule has 9 nitrogen and oxygen atoms in total. The third-order valence-corrected chi connectivity index (χ3v) is 9.17. The van der Waals surface area contributed by atoms with Gasteiger partial charge in [0, 0.05) is 62.4 Å². The molecule has 42 heavy (non-hydrogen) atoms. The molecule has 3 aromatic rings. The van der Waals surface area contributed by atoms with Crippen LogP contribution < -0.4 is 4.74 Å². The summed E-state index contributed by atoms with van der Waals surface area (Å²) in [5.41, 5.74) is -1.43. The smallest absolute Gasteiger partial charge is 0.416 e. The van der Waals surface area contributed by atoms with Gasteiger partial charge < -0.3 is 14.0 Å². The SMILES string of the molecule is [2H]C1([2H])CC2(O1)C([2H])([2H])N([C@H]1CC[C@H](n3cc([C@H]4CC[C@H](c5nnc(COc6cc(C(F)(F)F)ccn6)n5C)CC4)cn3)CC1)C2([2H])[2H]. The Labute approximate surface area is 251 Å². The number of alkyl halides is 3. The third kappa shape index (κ3) is 5.43. The Bertz CT molecular complexity index is 1630. The molecule has 12 heteroatoms. The van der Waals surface area contributed by atoms with E-state index in [0.717, 1.165) is 62.7 Å². The molecular formula is C30H38F3N7O2. The minimum absolute atomic E-state index is 0.0553. The lowest BCUT2D eigenvalue weighted by Crippen LogP contribution is -2.70. The van der Waals surface area contributed by atoms with Crippen LogP contribution in [0.3, 0.4) is 0 Å². The largest absolute Gasteiger partial charge is 0.469 e. The fourth-order valence-electron chi connectivity index (χ4n) is 6.60. The van der Waals surface area contributed by atoms with Crippen molar-refractivity contribution in [3.05, 3.63) is 53.5 Å². The number of rotatable bonds is 7. The van der Waals surface area contributed by atoms with Crippen LogP contribution in [0.4, 0.5) is 13.2 Å². The molecule has 4 fully saturated rings. The van der Waals surface area contributed by atoms with Crippen molar-refractivity contribution in [3.8, 4) is 5.88 Å². The average molecular weight is 592 g/mol. The van der Waals surface area contributed by atoms with Crippen molar-refractivity contribution in [3.63, 3.8) is 0 Å². The minimum Gasteiger partial charge on any atom is -0.469 e. The second kappa shape index (κ2) is 10.9. The van der Waals surface area contributed by atoms with E-state index in [4.69, 9.17) is 17.7 Å². The quantitative estimate of drug-likeness (QED) is 0.364. The minimum atomic E-state index is -4.48. The summed E-state index contributed by atoms with van der Waals surface area (Å²) < 4.78 is 103. The van der Waals surface area contributed by atoms with Gasteiger partial charge in [-0.2, -0.15) is 18.3 Å². The van der Waals surface area contributed by atoms with Gasteiger partial charge in [-0.15, -0.1) is 10.2 Å². The molecule has 2 aliphatic heterocycles. The molecule has 2 aliphatic carbocycles. The Kier molecular flexibility index (Phi) is 5.64. The molecule has 0 unspecified atom stereocenters. The second-order valence-corrected chi connectivity index (χ2v) is 11.8. The van der Waals surface area contributed by atoms with Crippen LogP contribution in [0.25, 0.3) is 0 Å². The highest BCUT2D eigenvalue weighted by atomic mass is 19.4. The first-order chi connectivity index (χ1) is 22.5. The van der Waals surface area contributed by atoms with E-state index in [9.17, 15) is 13.2 Å². The molecule has 2 saturated heterocycles. The van der Waals surface area contributed by atoms with E-state index in [1.807, 2.05) is 22.5 Å². The Morgan fingerprint density at radius 1 is 1.05 bits per heavy atom. The van der Waals surface area contributed by atoms with Gasteiger partial charge in [0.1, 0.15) is 12.4 Å². The maximum Gasteiger partial charge on any atom is 0.416 e. The van der Waals surface area contributed by atoms with Crippen molar-refractivity contribution in [2.24, 2.45) is 7.05 Å². The highest BCUT2D eigenvalue weighted by Gasteiger charge is 2.51. The zero-order chi connectivity index (χ0) is 34.3. The molecule has 0 aromatic carbocycles. The van der Waals surface area contributed by atoms with Crippen molar-refractivity contribution in [1.82, 2.24) is 34.4 Å². The number of likely N-dealkylation sites (tertiary alicyclic amines) is 1. The van der Waals surface area contributed by atoms with Gasteiger partial charge in [-0.1, -0.05) is 0 Å². The number of ether oxygens (including phenoxy) is 2. The Balaban J connectivity index is 0.907. The summed E-state index contributed by atoms with van der Waals surface area (Å²) in [6, 6.07) is 1.59. The van der Waals surface area contributed by atoms with E-state index in [-0.39, 0.29) is 36.9 Å². The molecule has 0 bridgehead atoms. The molecule has 0 radical (unpaired) electrons. The third-order valence-electron chi connectivity index (χ3n) is 9.17. The lowest BCUT2D eigenvalue weighted by atomic mass is 9.79. The predicted molar refractivity (Wildman–Crippen MR) is 147 cm³/mol. The van der Waals surface area contributed by atoms with E-state index >= 15 is 0 Å². The van der Waals surface area contributed by atoms with Gasteiger partial charge in [0.25, 0.3) is 0 Å². The van der Waals surface area contributed by atoms with Crippen LogP contribution in [0.1, 0.15) is 107 Å². The number of hydrogen-bond acceptors (Lipinski definition) is 7. The number of aromatic nitrogens is 6. The summed E-state index contributed by atoms with van der Waals surface area (Å²) in [5, 5.41) is 13.3. The fraction of sp³-hybridized carbons (Fsp3) is 0.667. The molecule has 2 saturated carbocycles. The van der Waals surface area contributed by atoms with Crippen molar-refractivity contribution in [1.29, 1.82) is 0 Å². The van der Waals surface area contributed by atoms with Gasteiger partial charge in [0.2, 0.25) is 5.88 Å². The first kappa shape index (κ1) is 21.7. The highest BCUT2D eigenvalue weighted by molar-refractivity contribution is 5.23. The fourth-order valence-corrected chi connectivity index (χ4v) is 6.60. The number of halogens is 3. The lowest BCUT2D eigenvalue weighted by Gasteiger charge is -2.58. The van der Waals surface area contributed by atoms with E-state index in [1.54, 1.807) is 0 Å². The Hall–Kier alpha value is -2.99. The van der Waals surface area contributed by atoms with Gasteiger partial charge in [-0.3, -0.25) is 9.58 Å². The summed E-state index contributed by atoms with van der Waals surface area (Å²) in [4.78, 5) is 5.14. The van der Waals surface area contributed by atoms with Crippen LogP contribution in [-0.4, -0.2) is 65.6 Å². The molecule has 226 valence electrons. The molecule has 4 aliphatic rings. The molecule has 0 amide bonds. The molecule has 1 spiro atoms. The molecule has 7 rings (SSSR count). The second-order valence-electron chi connectivity index (χ2n) is 11.8. The summed E-state index contributed by atoms with van der Waals surface area (Å²) in [7, 11) is 1.83. The van der Waals surface area contributed by atoms with Gasteiger partial charge in [0.05, 0.1) is 32.7 Å². The van der Waals surface area contributed by atoms with Crippen LogP contribution in [0.5, 0.6) is 5.88 Å². The van der Waals surface area contributed by atoms with Crippen molar-refractivity contribution < 1.29 is 30.9 Å². The van der Waals surface area contributed by atoms with Crippen molar-refractivity contribution in [2.75, 3.05) is 19.6 Å². The Morgan fingerprint density at radius 2 is 1.76 bits per heavy atom. The van der Waals surface area contributed by atoms with E-state index in [0.29, 0.717) is 24.6 Å². The average Bonchev–Trinajstić information content (AvgIpc) is 3.66. The topological polar surface area (TPSA) is 83.1 Å². The summed E-state index contributed by atoms with van der Waals surface area (Å²) in [6.07, 6.45) is 6.67. The maximum atomic E-state index is 13.0. The van der Waals surface area contributed by atoms with Crippen molar-refractivity contribution in [2.45, 2.75) is 100 Å². The summed E-state index contributed by atoms with van der Waals surface area (Å²) in [5.74, 6) is 1.73. The number of pyridine rings is 1. The zero-order valence-electron chi connectivity index (χ0n) is 29.3. The van der Waals surface area contributed by atoms with E-state index in [1.165, 1.54) is 10.5 Å².